The zero-order valence-corrected chi connectivity index (χ0v) is 17.5. The predicted octanol–water partition coefficient (Wildman–Crippen LogP) is 3.61. The average molecular weight is 418 g/mol. The van der Waals surface area contributed by atoms with Crippen LogP contribution in [0.1, 0.15) is 28.8 Å². The minimum Gasteiger partial charge on any atom is -0.362 e. The van der Waals surface area contributed by atoms with Crippen molar-refractivity contribution in [2.75, 3.05) is 25.2 Å². The van der Waals surface area contributed by atoms with E-state index in [1.807, 2.05) is 30.3 Å². The van der Waals surface area contributed by atoms with Crippen LogP contribution in [0.25, 0.3) is 0 Å². The van der Waals surface area contributed by atoms with Crippen molar-refractivity contribution in [2.24, 2.45) is 4.40 Å². The molecule has 28 heavy (non-hydrogen) atoms. The van der Waals surface area contributed by atoms with E-state index in [0.717, 1.165) is 24.3 Å². The van der Waals surface area contributed by atoms with Crippen molar-refractivity contribution in [3.63, 3.8) is 0 Å². The number of thioether (sulfide) groups is 1. The van der Waals surface area contributed by atoms with E-state index < -0.39 is 10.0 Å². The van der Waals surface area contributed by atoms with Crippen LogP contribution in [-0.4, -0.2) is 44.9 Å². The Hall–Kier alpha value is -2.32. The lowest BCUT2D eigenvalue weighted by molar-refractivity contribution is 0.102. The Bertz CT molecular complexity index is 986. The molecule has 0 spiro atoms. The summed E-state index contributed by atoms with van der Waals surface area (Å²) in [7, 11) is -1.98. The van der Waals surface area contributed by atoms with Gasteiger partial charge in [-0.3, -0.25) is 4.79 Å². The van der Waals surface area contributed by atoms with Crippen LogP contribution in [0.15, 0.2) is 57.8 Å². The third kappa shape index (κ3) is 4.94. The van der Waals surface area contributed by atoms with Gasteiger partial charge in [0.1, 0.15) is 5.84 Å². The molecule has 2 aromatic carbocycles. The molecule has 0 unspecified atom stereocenters. The van der Waals surface area contributed by atoms with E-state index in [1.165, 1.54) is 12.1 Å². The van der Waals surface area contributed by atoms with Crippen molar-refractivity contribution in [3.8, 4) is 0 Å². The van der Waals surface area contributed by atoms with Crippen LogP contribution in [0.4, 0.5) is 5.69 Å². The lowest BCUT2D eigenvalue weighted by atomic mass is 10.1. The van der Waals surface area contributed by atoms with Crippen molar-refractivity contribution >= 4 is 39.2 Å². The summed E-state index contributed by atoms with van der Waals surface area (Å²) in [6, 6.07) is 13.6. The molecule has 1 heterocycles. The zero-order valence-electron chi connectivity index (χ0n) is 15.9. The molecule has 8 heteroatoms. The second-order valence-corrected chi connectivity index (χ2v) is 9.09. The first-order chi connectivity index (χ1) is 13.4. The summed E-state index contributed by atoms with van der Waals surface area (Å²) in [5, 5.41) is 2.76. The summed E-state index contributed by atoms with van der Waals surface area (Å²) >= 11 is 1.72. The number of rotatable bonds is 6. The molecule has 2 aromatic rings. The van der Waals surface area contributed by atoms with Crippen molar-refractivity contribution in [3.05, 3.63) is 59.7 Å². The van der Waals surface area contributed by atoms with Crippen LogP contribution in [0, 0.1) is 0 Å². The molecule has 6 nitrogen and oxygen atoms in total. The third-order valence-electron chi connectivity index (χ3n) is 4.48. The Morgan fingerprint density at radius 3 is 2.61 bits per heavy atom. The number of sulfonamides is 1. The Morgan fingerprint density at radius 2 is 1.96 bits per heavy atom. The van der Waals surface area contributed by atoms with Gasteiger partial charge >= 0.3 is 0 Å². The second-order valence-electron chi connectivity index (χ2n) is 6.62. The number of carbonyl (C=O) groups excluding carboxylic acids is 1. The maximum absolute atomic E-state index is 12.6. The van der Waals surface area contributed by atoms with E-state index in [-0.39, 0.29) is 10.8 Å². The largest absolute Gasteiger partial charge is 0.362 e. The summed E-state index contributed by atoms with van der Waals surface area (Å²) in [4.78, 5) is 14.4. The first-order valence-corrected chi connectivity index (χ1v) is 11.8. The predicted molar refractivity (Wildman–Crippen MR) is 115 cm³/mol. The number of likely N-dealkylation sites (tertiary alicyclic amines) is 1. The lowest BCUT2D eigenvalue weighted by Crippen LogP contribution is -2.20. The number of amidine groups is 1. The number of carbonyl (C=O) groups is 1. The summed E-state index contributed by atoms with van der Waals surface area (Å²) in [6.45, 7) is 0.806. The van der Waals surface area contributed by atoms with E-state index in [2.05, 4.69) is 9.71 Å². The number of nitrogens with one attached hydrogen (secondary N) is 1. The number of anilines is 1. The van der Waals surface area contributed by atoms with Gasteiger partial charge in [-0.15, -0.1) is 4.40 Å². The molecule has 1 aliphatic rings. The zero-order chi connectivity index (χ0) is 20.1. The van der Waals surface area contributed by atoms with E-state index in [9.17, 15) is 13.2 Å². The van der Waals surface area contributed by atoms with Crippen LogP contribution >= 0.6 is 11.8 Å². The Balaban J connectivity index is 1.76. The van der Waals surface area contributed by atoms with Gasteiger partial charge in [0.15, 0.2) is 0 Å². The molecule has 1 amide bonds. The highest BCUT2D eigenvalue weighted by molar-refractivity contribution is 7.97. The molecule has 0 radical (unpaired) electrons. The van der Waals surface area contributed by atoms with Crippen molar-refractivity contribution < 1.29 is 13.2 Å². The Morgan fingerprint density at radius 1 is 1.21 bits per heavy atom. The SMILES string of the molecule is CSCc1ccc(C(=O)Nc2cccc(S(=O)(=O)/N=C3/CCCN3C)c2)cc1. The summed E-state index contributed by atoms with van der Waals surface area (Å²) in [5.41, 5.74) is 2.08. The van der Waals surface area contributed by atoms with Gasteiger partial charge in [0.05, 0.1) is 4.90 Å². The van der Waals surface area contributed by atoms with E-state index in [0.29, 0.717) is 23.5 Å². The van der Waals surface area contributed by atoms with Crippen molar-refractivity contribution in [2.45, 2.75) is 23.5 Å². The molecule has 0 aliphatic carbocycles. The van der Waals surface area contributed by atoms with Crippen LogP contribution in [0.2, 0.25) is 0 Å². The van der Waals surface area contributed by atoms with Gasteiger partial charge in [0, 0.05) is 37.0 Å². The van der Waals surface area contributed by atoms with E-state index in [1.54, 1.807) is 36.0 Å². The van der Waals surface area contributed by atoms with Crippen LogP contribution < -0.4 is 5.32 Å². The van der Waals surface area contributed by atoms with Gasteiger partial charge in [-0.05, 0) is 48.6 Å². The molecule has 0 atom stereocenters. The number of nitrogens with zero attached hydrogens (tertiary/aromatic N) is 2. The monoisotopic (exact) mass is 417 g/mol. The summed E-state index contributed by atoms with van der Waals surface area (Å²) < 4.78 is 29.2. The van der Waals surface area contributed by atoms with E-state index in [4.69, 9.17) is 0 Å². The number of hydrogen-bond acceptors (Lipinski definition) is 4. The third-order valence-corrected chi connectivity index (χ3v) is 6.40. The maximum atomic E-state index is 12.6. The van der Waals surface area contributed by atoms with Crippen LogP contribution in [0.3, 0.4) is 0 Å². The molecule has 148 valence electrons. The summed E-state index contributed by atoms with van der Waals surface area (Å²) in [6.07, 6.45) is 3.58. The van der Waals surface area contributed by atoms with Gasteiger partial charge in [-0.2, -0.15) is 20.2 Å². The molecule has 0 saturated carbocycles. The Labute approximate surface area is 170 Å². The number of amides is 1. The fourth-order valence-electron chi connectivity index (χ4n) is 2.96. The highest BCUT2D eigenvalue weighted by atomic mass is 32.2. The molecule has 1 fully saturated rings. The van der Waals surface area contributed by atoms with Gasteiger partial charge < -0.3 is 10.2 Å². The average Bonchev–Trinajstić information content (AvgIpc) is 3.07. The second kappa shape index (κ2) is 8.79. The molecule has 0 aromatic heterocycles. The minimum absolute atomic E-state index is 0.0634. The van der Waals surface area contributed by atoms with Gasteiger partial charge in [0.25, 0.3) is 15.9 Å². The Kier molecular flexibility index (Phi) is 6.41. The molecule has 1 N–H and O–H groups in total. The molecule has 3 rings (SSSR count). The molecular weight excluding hydrogens is 394 g/mol. The molecule has 1 saturated heterocycles. The highest BCUT2D eigenvalue weighted by Gasteiger charge is 2.20. The number of hydrogen-bond donors (Lipinski definition) is 1. The van der Waals surface area contributed by atoms with Crippen molar-refractivity contribution in [1.82, 2.24) is 4.90 Å². The first kappa shape index (κ1) is 20.4. The smallest absolute Gasteiger partial charge is 0.284 e. The maximum Gasteiger partial charge on any atom is 0.284 e. The van der Waals surface area contributed by atoms with Crippen molar-refractivity contribution in [1.29, 1.82) is 0 Å². The molecule has 0 bridgehead atoms. The molecule has 1 aliphatic heterocycles. The lowest BCUT2D eigenvalue weighted by Gasteiger charge is -2.11. The van der Waals surface area contributed by atoms with Crippen LogP contribution in [-0.2, 0) is 15.8 Å². The summed E-state index contributed by atoms with van der Waals surface area (Å²) in [5.74, 6) is 1.17. The fourth-order valence-corrected chi connectivity index (χ4v) is 4.62. The van der Waals surface area contributed by atoms with Gasteiger partial charge in [-0.25, -0.2) is 0 Å². The van der Waals surface area contributed by atoms with Gasteiger partial charge in [0.2, 0.25) is 0 Å². The standard InChI is InChI=1S/C20H23N3O3S2/c1-23-12-4-7-19(23)22-28(25,26)18-6-3-5-17(13-18)21-20(24)16-10-8-15(9-11-16)14-27-2/h3,5-6,8-11,13H,4,7,12,14H2,1-2H3,(H,21,24)/b22-19-. The topological polar surface area (TPSA) is 78.8 Å². The first-order valence-electron chi connectivity index (χ1n) is 8.93. The van der Waals surface area contributed by atoms with Gasteiger partial charge in [-0.1, -0.05) is 18.2 Å². The minimum atomic E-state index is -3.82. The normalized spacial score (nSPS) is 15.8. The number of benzene rings is 2. The fraction of sp³-hybridized carbons (Fsp3) is 0.300. The highest BCUT2D eigenvalue weighted by Crippen LogP contribution is 2.21. The molecular formula is C20H23N3O3S2. The van der Waals surface area contributed by atoms with Crippen LogP contribution in [0.5, 0.6) is 0 Å². The quantitative estimate of drug-likeness (QED) is 0.777. The van der Waals surface area contributed by atoms with E-state index >= 15 is 0 Å².